The summed E-state index contributed by atoms with van der Waals surface area (Å²) >= 11 is 0. The summed E-state index contributed by atoms with van der Waals surface area (Å²) in [5, 5.41) is 7.35. The molecule has 134 valence electrons. The van der Waals surface area contributed by atoms with E-state index in [1.54, 1.807) is 12.4 Å². The van der Waals surface area contributed by atoms with Gasteiger partial charge >= 0.3 is 5.69 Å². The lowest BCUT2D eigenvalue weighted by Crippen LogP contribution is -2.37. The summed E-state index contributed by atoms with van der Waals surface area (Å²) in [6.07, 6.45) is 7.49. The highest BCUT2D eigenvalue weighted by Crippen LogP contribution is 2.18. The second-order valence-electron chi connectivity index (χ2n) is 6.53. The first-order valence-electron chi connectivity index (χ1n) is 8.78. The van der Waals surface area contributed by atoms with Crippen LogP contribution in [0.5, 0.6) is 0 Å². The predicted molar refractivity (Wildman–Crippen MR) is 90.7 cm³/mol. The van der Waals surface area contributed by atoms with Crippen LogP contribution in [0.25, 0.3) is 5.65 Å². The number of carbonyl (C=O) groups is 1. The van der Waals surface area contributed by atoms with Gasteiger partial charge in [-0.05, 0) is 12.8 Å². The van der Waals surface area contributed by atoms with Gasteiger partial charge in [-0.15, -0.1) is 5.10 Å². The SMILES string of the molecule is O=C(Cn1nc2c(N3CCOCC3)nccn2c1=O)NC1CCCC1. The molecule has 1 aliphatic heterocycles. The third kappa shape index (κ3) is 3.23. The van der Waals surface area contributed by atoms with Gasteiger partial charge in [0.2, 0.25) is 11.6 Å². The largest absolute Gasteiger partial charge is 0.378 e. The van der Waals surface area contributed by atoms with E-state index in [0.29, 0.717) is 37.8 Å². The monoisotopic (exact) mass is 346 g/mol. The number of hydrogen-bond donors (Lipinski definition) is 1. The third-order valence-corrected chi connectivity index (χ3v) is 4.81. The first-order valence-corrected chi connectivity index (χ1v) is 8.78. The topological polar surface area (TPSA) is 93.8 Å². The summed E-state index contributed by atoms with van der Waals surface area (Å²) in [5.74, 6) is 0.483. The number of anilines is 1. The number of hydrogen-bond acceptors (Lipinski definition) is 6. The van der Waals surface area contributed by atoms with Crippen LogP contribution in [0.4, 0.5) is 5.82 Å². The zero-order valence-electron chi connectivity index (χ0n) is 14.1. The maximum atomic E-state index is 12.5. The maximum absolute atomic E-state index is 12.5. The normalized spacial score (nSPS) is 18.8. The average Bonchev–Trinajstić information content (AvgIpc) is 3.24. The van der Waals surface area contributed by atoms with Crippen LogP contribution >= 0.6 is 0 Å². The predicted octanol–water partition coefficient (Wildman–Crippen LogP) is -0.214. The van der Waals surface area contributed by atoms with Crippen molar-refractivity contribution in [1.29, 1.82) is 0 Å². The highest BCUT2D eigenvalue weighted by Gasteiger charge is 2.21. The summed E-state index contributed by atoms with van der Waals surface area (Å²) in [6.45, 7) is 2.58. The molecule has 2 fully saturated rings. The van der Waals surface area contributed by atoms with Crippen molar-refractivity contribution in [3.63, 3.8) is 0 Å². The van der Waals surface area contributed by atoms with Crippen molar-refractivity contribution in [3.8, 4) is 0 Å². The second kappa shape index (κ2) is 6.83. The van der Waals surface area contributed by atoms with Crippen LogP contribution in [-0.2, 0) is 16.1 Å². The number of rotatable bonds is 4. The Kier molecular flexibility index (Phi) is 4.39. The van der Waals surface area contributed by atoms with Gasteiger partial charge in [0.25, 0.3) is 0 Å². The third-order valence-electron chi connectivity index (χ3n) is 4.81. The summed E-state index contributed by atoms with van der Waals surface area (Å²) in [5.41, 5.74) is 0.150. The molecular formula is C16H22N6O3. The average molecular weight is 346 g/mol. The number of aromatic nitrogens is 4. The number of morpholine rings is 1. The molecule has 4 rings (SSSR count). The number of carbonyl (C=O) groups excluding carboxylic acids is 1. The Morgan fingerprint density at radius 1 is 1.28 bits per heavy atom. The molecule has 9 heteroatoms. The van der Waals surface area contributed by atoms with Crippen LogP contribution in [0.3, 0.4) is 0 Å². The lowest BCUT2D eigenvalue weighted by atomic mass is 10.2. The van der Waals surface area contributed by atoms with Gasteiger partial charge in [-0.1, -0.05) is 12.8 Å². The van der Waals surface area contributed by atoms with Crippen LogP contribution in [0, 0.1) is 0 Å². The number of fused-ring (bicyclic) bond motifs is 1. The molecule has 0 spiro atoms. The van der Waals surface area contributed by atoms with Gasteiger partial charge in [-0.3, -0.25) is 4.79 Å². The Hall–Kier alpha value is -2.42. The van der Waals surface area contributed by atoms with Gasteiger partial charge in [0.15, 0.2) is 5.82 Å². The number of ether oxygens (including phenoxy) is 1. The van der Waals surface area contributed by atoms with Crippen molar-refractivity contribution < 1.29 is 9.53 Å². The molecule has 0 aromatic carbocycles. The molecule has 0 radical (unpaired) electrons. The molecule has 1 aliphatic carbocycles. The van der Waals surface area contributed by atoms with Crippen molar-refractivity contribution in [2.24, 2.45) is 0 Å². The molecule has 1 amide bonds. The Morgan fingerprint density at radius 2 is 2.04 bits per heavy atom. The van der Waals surface area contributed by atoms with E-state index in [2.05, 4.69) is 15.4 Å². The standard InChI is InChI=1S/C16H22N6O3/c23-13(18-12-3-1-2-4-12)11-22-16(24)21-6-5-17-14(15(21)19-22)20-7-9-25-10-8-20/h5-6,12H,1-4,7-11H2,(H,18,23). The van der Waals surface area contributed by atoms with E-state index in [9.17, 15) is 9.59 Å². The van der Waals surface area contributed by atoms with Crippen LogP contribution in [0.15, 0.2) is 17.2 Å². The van der Waals surface area contributed by atoms with E-state index in [1.165, 1.54) is 9.08 Å². The summed E-state index contributed by atoms with van der Waals surface area (Å²) in [7, 11) is 0. The fraction of sp³-hybridized carbons (Fsp3) is 0.625. The smallest absolute Gasteiger partial charge is 0.350 e. The Morgan fingerprint density at radius 3 is 2.80 bits per heavy atom. The van der Waals surface area contributed by atoms with Gasteiger partial charge < -0.3 is 15.0 Å². The molecule has 9 nitrogen and oxygen atoms in total. The van der Waals surface area contributed by atoms with E-state index >= 15 is 0 Å². The fourth-order valence-electron chi connectivity index (χ4n) is 3.52. The van der Waals surface area contributed by atoms with Crippen molar-refractivity contribution in [1.82, 2.24) is 24.5 Å². The van der Waals surface area contributed by atoms with Crippen LogP contribution < -0.4 is 15.9 Å². The molecule has 1 saturated heterocycles. The van der Waals surface area contributed by atoms with Gasteiger partial charge in [0.1, 0.15) is 6.54 Å². The minimum atomic E-state index is -0.325. The van der Waals surface area contributed by atoms with Crippen LogP contribution in [0.2, 0.25) is 0 Å². The van der Waals surface area contributed by atoms with Gasteiger partial charge in [-0.25, -0.2) is 18.9 Å². The van der Waals surface area contributed by atoms with Crippen LogP contribution in [0.1, 0.15) is 25.7 Å². The van der Waals surface area contributed by atoms with Gasteiger partial charge in [0, 0.05) is 31.5 Å². The van der Waals surface area contributed by atoms with Crippen molar-refractivity contribution in [2.75, 3.05) is 31.2 Å². The number of amides is 1. The summed E-state index contributed by atoms with van der Waals surface area (Å²) < 4.78 is 8.02. The lowest BCUT2D eigenvalue weighted by Gasteiger charge is -2.27. The highest BCUT2D eigenvalue weighted by molar-refractivity contribution is 5.76. The van der Waals surface area contributed by atoms with Gasteiger partial charge in [-0.2, -0.15) is 0 Å². The van der Waals surface area contributed by atoms with E-state index in [-0.39, 0.29) is 24.2 Å². The van der Waals surface area contributed by atoms with Crippen molar-refractivity contribution in [3.05, 3.63) is 22.9 Å². The molecule has 2 aliphatic rings. The van der Waals surface area contributed by atoms with Crippen molar-refractivity contribution in [2.45, 2.75) is 38.3 Å². The molecule has 1 N–H and O–H groups in total. The highest BCUT2D eigenvalue weighted by atomic mass is 16.5. The molecule has 3 heterocycles. The van der Waals surface area contributed by atoms with E-state index in [0.717, 1.165) is 25.7 Å². The minimum absolute atomic E-state index is 0.0699. The molecule has 2 aromatic rings. The van der Waals surface area contributed by atoms with Gasteiger partial charge in [0.05, 0.1) is 13.2 Å². The molecule has 0 unspecified atom stereocenters. The fourth-order valence-corrected chi connectivity index (χ4v) is 3.52. The Balaban J connectivity index is 1.58. The van der Waals surface area contributed by atoms with Crippen molar-refractivity contribution >= 4 is 17.4 Å². The van der Waals surface area contributed by atoms with Crippen LogP contribution in [-0.4, -0.2) is 57.4 Å². The zero-order chi connectivity index (χ0) is 17.2. The minimum Gasteiger partial charge on any atom is -0.378 e. The molecule has 25 heavy (non-hydrogen) atoms. The summed E-state index contributed by atoms with van der Waals surface area (Å²) in [6, 6.07) is 0.228. The first-order chi connectivity index (χ1) is 12.2. The van der Waals surface area contributed by atoms with E-state index in [4.69, 9.17) is 4.74 Å². The summed E-state index contributed by atoms with van der Waals surface area (Å²) in [4.78, 5) is 31.2. The van der Waals surface area contributed by atoms with E-state index in [1.807, 2.05) is 4.90 Å². The second-order valence-corrected chi connectivity index (χ2v) is 6.53. The number of nitrogens with zero attached hydrogens (tertiary/aromatic N) is 5. The molecule has 0 bridgehead atoms. The quantitative estimate of drug-likeness (QED) is 0.823. The first kappa shape index (κ1) is 16.1. The maximum Gasteiger partial charge on any atom is 0.350 e. The molecule has 0 atom stereocenters. The Labute approximate surface area is 144 Å². The molecule has 1 saturated carbocycles. The number of nitrogens with one attached hydrogen (secondary N) is 1. The Bertz CT molecular complexity index is 817. The zero-order valence-corrected chi connectivity index (χ0v) is 14.1. The molecule has 2 aromatic heterocycles. The molecular weight excluding hydrogens is 324 g/mol. The lowest BCUT2D eigenvalue weighted by molar-refractivity contribution is -0.122. The van der Waals surface area contributed by atoms with E-state index < -0.39 is 0 Å².